The van der Waals surface area contributed by atoms with Crippen LogP contribution in [-0.4, -0.2) is 53.6 Å². The summed E-state index contributed by atoms with van der Waals surface area (Å²) in [5, 5.41) is 9.51. The van der Waals surface area contributed by atoms with Crippen LogP contribution < -0.4 is 4.74 Å². The molecule has 0 saturated carbocycles. The molecule has 1 fully saturated rings. The summed E-state index contributed by atoms with van der Waals surface area (Å²) in [5.74, 6) is 0.610. The van der Waals surface area contributed by atoms with Gasteiger partial charge in [0, 0.05) is 39.1 Å². The molecule has 7 heteroatoms. The minimum Gasteiger partial charge on any atom is -0.489 e. The molecular formula is C24H24N4O2S. The van der Waals surface area contributed by atoms with E-state index in [2.05, 4.69) is 20.9 Å². The molecule has 0 atom stereocenters. The first kappa shape index (κ1) is 21.2. The summed E-state index contributed by atoms with van der Waals surface area (Å²) in [6, 6.07) is 20.0. The second-order valence-electron chi connectivity index (χ2n) is 7.39. The van der Waals surface area contributed by atoms with Crippen molar-refractivity contribution in [3.63, 3.8) is 0 Å². The van der Waals surface area contributed by atoms with Crippen LogP contribution in [0, 0.1) is 11.3 Å². The number of nitriles is 1. The van der Waals surface area contributed by atoms with Gasteiger partial charge in [-0.1, -0.05) is 42.5 Å². The lowest BCUT2D eigenvalue weighted by Gasteiger charge is -2.34. The average molecular weight is 433 g/mol. The van der Waals surface area contributed by atoms with Crippen LogP contribution in [0.3, 0.4) is 0 Å². The van der Waals surface area contributed by atoms with Crippen molar-refractivity contribution in [2.75, 3.05) is 32.7 Å². The number of hydrogen-bond acceptors (Lipinski definition) is 6. The summed E-state index contributed by atoms with van der Waals surface area (Å²) < 4.78 is 5.82. The van der Waals surface area contributed by atoms with Gasteiger partial charge in [0.25, 0.3) is 5.91 Å². The zero-order valence-electron chi connectivity index (χ0n) is 17.2. The number of hydrogen-bond donors (Lipinski definition) is 0. The standard InChI is InChI=1S/C24H24N4O2S/c25-11-4-12-27-13-15-28(16-14-27)24-26-23(29)22(31-24)17-19-7-9-21(10-8-19)30-18-20-5-2-1-3-6-20/h1-3,5-10,17H,4,12-16,18H2/b22-17-. The normalized spacial score (nSPS) is 18.2. The van der Waals surface area contributed by atoms with Crippen LogP contribution >= 0.6 is 11.8 Å². The molecule has 1 saturated heterocycles. The molecule has 6 nitrogen and oxygen atoms in total. The summed E-state index contributed by atoms with van der Waals surface area (Å²) in [6.45, 7) is 4.75. The van der Waals surface area contributed by atoms with Crippen LogP contribution in [0.1, 0.15) is 17.5 Å². The van der Waals surface area contributed by atoms with Crippen molar-refractivity contribution in [3.8, 4) is 11.8 Å². The summed E-state index contributed by atoms with van der Waals surface area (Å²) >= 11 is 1.44. The quantitative estimate of drug-likeness (QED) is 0.648. The zero-order valence-corrected chi connectivity index (χ0v) is 18.1. The van der Waals surface area contributed by atoms with Crippen molar-refractivity contribution in [1.29, 1.82) is 5.26 Å². The highest BCUT2D eigenvalue weighted by atomic mass is 32.2. The maximum absolute atomic E-state index is 12.4. The molecular weight excluding hydrogens is 408 g/mol. The van der Waals surface area contributed by atoms with Gasteiger partial charge in [-0.15, -0.1) is 0 Å². The summed E-state index contributed by atoms with van der Waals surface area (Å²) in [7, 11) is 0. The van der Waals surface area contributed by atoms with Crippen LogP contribution in [0.4, 0.5) is 0 Å². The molecule has 0 unspecified atom stereocenters. The first-order valence-corrected chi connectivity index (χ1v) is 11.2. The highest BCUT2D eigenvalue weighted by Crippen LogP contribution is 2.31. The Morgan fingerprint density at radius 3 is 2.52 bits per heavy atom. The molecule has 0 aromatic heterocycles. The average Bonchev–Trinajstić information content (AvgIpc) is 3.18. The summed E-state index contributed by atoms with van der Waals surface area (Å²) in [5.41, 5.74) is 2.07. The van der Waals surface area contributed by atoms with Gasteiger partial charge in [-0.3, -0.25) is 9.69 Å². The first-order chi connectivity index (χ1) is 15.2. The fourth-order valence-electron chi connectivity index (χ4n) is 3.46. The van der Waals surface area contributed by atoms with Crippen molar-refractivity contribution >= 4 is 28.9 Å². The fraction of sp³-hybridized carbons (Fsp3) is 0.292. The van der Waals surface area contributed by atoms with E-state index >= 15 is 0 Å². The minimum absolute atomic E-state index is 0.184. The SMILES string of the molecule is N#CCCN1CCN(C2=NC(=O)/C(=C/c3ccc(OCc4ccccc4)cc3)S2)CC1. The molecule has 2 aromatic carbocycles. The fourth-order valence-corrected chi connectivity index (χ4v) is 4.42. The molecule has 4 rings (SSSR count). The van der Waals surface area contributed by atoms with E-state index < -0.39 is 0 Å². The number of carbonyl (C=O) groups excluding carboxylic acids is 1. The van der Waals surface area contributed by atoms with Gasteiger partial charge in [0.1, 0.15) is 12.4 Å². The lowest BCUT2D eigenvalue weighted by Crippen LogP contribution is -2.47. The van der Waals surface area contributed by atoms with Gasteiger partial charge in [-0.2, -0.15) is 10.3 Å². The largest absolute Gasteiger partial charge is 0.489 e. The monoisotopic (exact) mass is 432 g/mol. The number of benzene rings is 2. The van der Waals surface area contributed by atoms with E-state index in [1.807, 2.05) is 60.7 Å². The number of thioether (sulfide) groups is 1. The van der Waals surface area contributed by atoms with Gasteiger partial charge >= 0.3 is 0 Å². The third-order valence-electron chi connectivity index (χ3n) is 5.22. The maximum Gasteiger partial charge on any atom is 0.286 e. The van der Waals surface area contributed by atoms with Crippen LogP contribution in [0.2, 0.25) is 0 Å². The Hall–Kier alpha value is -3.08. The van der Waals surface area contributed by atoms with Gasteiger partial charge in [-0.25, -0.2) is 0 Å². The number of amidine groups is 1. The van der Waals surface area contributed by atoms with E-state index in [0.717, 1.165) is 54.8 Å². The lowest BCUT2D eigenvalue weighted by molar-refractivity contribution is -0.113. The third-order valence-corrected chi connectivity index (χ3v) is 6.26. The van der Waals surface area contributed by atoms with Gasteiger partial charge in [0.05, 0.1) is 11.0 Å². The first-order valence-electron chi connectivity index (χ1n) is 10.3. The highest BCUT2D eigenvalue weighted by Gasteiger charge is 2.28. The molecule has 1 amide bonds. The number of piperazine rings is 1. The molecule has 2 heterocycles. The molecule has 0 radical (unpaired) electrons. The predicted octanol–water partition coefficient (Wildman–Crippen LogP) is 3.77. The molecule has 2 aliphatic rings. The van der Waals surface area contributed by atoms with Crippen LogP contribution in [0.5, 0.6) is 5.75 Å². The Kier molecular flexibility index (Phi) is 7.03. The van der Waals surface area contributed by atoms with Crippen LogP contribution in [0.15, 0.2) is 64.5 Å². The van der Waals surface area contributed by atoms with E-state index in [-0.39, 0.29) is 5.91 Å². The van der Waals surface area contributed by atoms with Crippen LogP contribution in [-0.2, 0) is 11.4 Å². The van der Waals surface area contributed by atoms with E-state index in [9.17, 15) is 4.79 Å². The number of carbonyl (C=O) groups is 1. The molecule has 0 N–H and O–H groups in total. The topological polar surface area (TPSA) is 68.9 Å². The number of aliphatic imine (C=N–C) groups is 1. The van der Waals surface area contributed by atoms with Gasteiger partial charge in [-0.05, 0) is 41.1 Å². The molecule has 2 aliphatic heterocycles. The second kappa shape index (κ2) is 10.3. The van der Waals surface area contributed by atoms with Gasteiger partial charge in [0.15, 0.2) is 5.17 Å². The molecule has 31 heavy (non-hydrogen) atoms. The smallest absolute Gasteiger partial charge is 0.286 e. The molecule has 0 aliphatic carbocycles. The maximum atomic E-state index is 12.4. The van der Waals surface area contributed by atoms with E-state index in [1.54, 1.807) is 0 Å². The third kappa shape index (κ3) is 5.75. The number of ether oxygens (including phenoxy) is 1. The van der Waals surface area contributed by atoms with Crippen molar-refractivity contribution in [2.24, 2.45) is 4.99 Å². The molecule has 0 spiro atoms. The van der Waals surface area contributed by atoms with Crippen molar-refractivity contribution in [2.45, 2.75) is 13.0 Å². The predicted molar refractivity (Wildman–Crippen MR) is 123 cm³/mol. The van der Waals surface area contributed by atoms with Gasteiger partial charge < -0.3 is 9.64 Å². The molecule has 2 aromatic rings. The Balaban J connectivity index is 1.31. The van der Waals surface area contributed by atoms with E-state index in [1.165, 1.54) is 11.8 Å². The van der Waals surface area contributed by atoms with E-state index in [0.29, 0.717) is 17.9 Å². The highest BCUT2D eigenvalue weighted by molar-refractivity contribution is 8.18. The Morgan fingerprint density at radius 2 is 1.81 bits per heavy atom. The van der Waals surface area contributed by atoms with Gasteiger partial charge in [0.2, 0.25) is 0 Å². The summed E-state index contributed by atoms with van der Waals surface area (Å²) in [6.07, 6.45) is 2.44. The Bertz CT molecular complexity index is 1000. The Morgan fingerprint density at radius 1 is 1.06 bits per heavy atom. The van der Waals surface area contributed by atoms with Crippen LogP contribution in [0.25, 0.3) is 6.08 Å². The number of amides is 1. The number of rotatable bonds is 6. The molecule has 158 valence electrons. The van der Waals surface area contributed by atoms with Crippen molar-refractivity contribution in [1.82, 2.24) is 9.80 Å². The summed E-state index contributed by atoms with van der Waals surface area (Å²) in [4.78, 5) is 21.7. The lowest BCUT2D eigenvalue weighted by atomic mass is 10.2. The minimum atomic E-state index is -0.184. The second-order valence-corrected chi connectivity index (χ2v) is 8.40. The van der Waals surface area contributed by atoms with Crippen molar-refractivity contribution < 1.29 is 9.53 Å². The zero-order chi connectivity index (χ0) is 21.5. The molecule has 0 bridgehead atoms. The van der Waals surface area contributed by atoms with E-state index in [4.69, 9.17) is 10.00 Å². The number of nitrogens with zero attached hydrogens (tertiary/aromatic N) is 4. The van der Waals surface area contributed by atoms with Crippen molar-refractivity contribution in [3.05, 3.63) is 70.6 Å². The Labute approximate surface area is 186 Å².